The summed E-state index contributed by atoms with van der Waals surface area (Å²) >= 11 is 0. The second kappa shape index (κ2) is 8.38. The minimum Gasteiger partial charge on any atom is -0.474 e. The molecule has 2 rings (SSSR count). The molecule has 1 aliphatic rings. The zero-order valence-electron chi connectivity index (χ0n) is 13.8. The van der Waals surface area contributed by atoms with Crippen molar-refractivity contribution in [1.82, 2.24) is 10.3 Å². The molecule has 1 heterocycles. The van der Waals surface area contributed by atoms with E-state index in [4.69, 9.17) is 4.74 Å². The Kier molecular flexibility index (Phi) is 6.50. The van der Waals surface area contributed by atoms with Gasteiger partial charge in [-0.1, -0.05) is 27.2 Å². The third kappa shape index (κ3) is 5.66. The third-order valence-corrected chi connectivity index (χ3v) is 3.89. The summed E-state index contributed by atoms with van der Waals surface area (Å²) in [6.07, 6.45) is 7.48. The monoisotopic (exact) mass is 290 g/mol. The van der Waals surface area contributed by atoms with Crippen LogP contribution in [0.15, 0.2) is 12.1 Å². The Morgan fingerprint density at radius 2 is 2.05 bits per heavy atom. The van der Waals surface area contributed by atoms with Crippen molar-refractivity contribution in [3.63, 3.8) is 0 Å². The topological polar surface area (TPSA) is 34.1 Å². The van der Waals surface area contributed by atoms with Crippen LogP contribution in [0.1, 0.15) is 64.1 Å². The maximum absolute atomic E-state index is 6.09. The number of aromatic nitrogens is 1. The van der Waals surface area contributed by atoms with Crippen molar-refractivity contribution in [2.24, 2.45) is 5.92 Å². The van der Waals surface area contributed by atoms with Crippen molar-refractivity contribution in [2.45, 2.75) is 71.9 Å². The molecule has 1 aromatic heterocycles. The standard InChI is InChI=1S/C18H30N2O/c1-4-7-16-10-15(13-19-12-14(2)3)11-18(20-16)21-17-8-5-6-9-17/h10-11,14,17,19H,4-9,12-13H2,1-3H3. The molecular weight excluding hydrogens is 260 g/mol. The zero-order valence-corrected chi connectivity index (χ0v) is 13.8. The molecule has 21 heavy (non-hydrogen) atoms. The van der Waals surface area contributed by atoms with E-state index in [1.807, 2.05) is 0 Å². The first-order chi connectivity index (χ1) is 10.2. The molecule has 1 fully saturated rings. The molecule has 0 spiro atoms. The summed E-state index contributed by atoms with van der Waals surface area (Å²) in [6.45, 7) is 8.61. The Bertz CT molecular complexity index is 425. The lowest BCUT2D eigenvalue weighted by Gasteiger charge is -2.15. The number of hydrogen-bond acceptors (Lipinski definition) is 3. The first-order valence-corrected chi connectivity index (χ1v) is 8.54. The van der Waals surface area contributed by atoms with Crippen LogP contribution in [0.3, 0.4) is 0 Å². The van der Waals surface area contributed by atoms with Crippen LogP contribution < -0.4 is 10.1 Å². The normalized spacial score (nSPS) is 15.8. The molecule has 0 radical (unpaired) electrons. The fraction of sp³-hybridized carbons (Fsp3) is 0.722. The van der Waals surface area contributed by atoms with Crippen LogP contribution in [0.5, 0.6) is 5.88 Å². The first-order valence-electron chi connectivity index (χ1n) is 8.54. The van der Waals surface area contributed by atoms with Crippen LogP contribution in [0, 0.1) is 5.92 Å². The molecule has 1 N–H and O–H groups in total. The number of nitrogens with zero attached hydrogens (tertiary/aromatic N) is 1. The van der Waals surface area contributed by atoms with Crippen LogP contribution in [0.25, 0.3) is 0 Å². The molecular formula is C18H30N2O. The molecule has 3 heteroatoms. The molecule has 0 saturated heterocycles. The van der Waals surface area contributed by atoms with E-state index in [1.54, 1.807) is 0 Å². The fourth-order valence-electron chi connectivity index (χ4n) is 2.85. The second-order valence-corrected chi connectivity index (χ2v) is 6.60. The lowest BCUT2D eigenvalue weighted by atomic mass is 10.1. The molecule has 3 nitrogen and oxygen atoms in total. The van der Waals surface area contributed by atoms with Crippen molar-refractivity contribution in [3.05, 3.63) is 23.4 Å². The van der Waals surface area contributed by atoms with Crippen molar-refractivity contribution in [3.8, 4) is 5.88 Å². The molecule has 0 aliphatic heterocycles. The predicted molar refractivity (Wildman–Crippen MR) is 87.7 cm³/mol. The Morgan fingerprint density at radius 1 is 1.29 bits per heavy atom. The number of nitrogens with one attached hydrogen (secondary N) is 1. The molecule has 1 aromatic rings. The van der Waals surface area contributed by atoms with Gasteiger partial charge in [0.1, 0.15) is 6.10 Å². The summed E-state index contributed by atoms with van der Waals surface area (Å²) in [4.78, 5) is 4.68. The number of ether oxygens (including phenoxy) is 1. The number of rotatable bonds is 8. The van der Waals surface area contributed by atoms with Gasteiger partial charge in [-0.25, -0.2) is 4.98 Å². The molecule has 0 atom stereocenters. The van der Waals surface area contributed by atoms with E-state index in [2.05, 4.69) is 43.2 Å². The summed E-state index contributed by atoms with van der Waals surface area (Å²) in [6, 6.07) is 4.34. The van der Waals surface area contributed by atoms with Gasteiger partial charge in [-0.2, -0.15) is 0 Å². The van der Waals surface area contributed by atoms with Crippen molar-refractivity contribution in [1.29, 1.82) is 0 Å². The van der Waals surface area contributed by atoms with Crippen LogP contribution in [-0.2, 0) is 13.0 Å². The fourth-order valence-corrected chi connectivity index (χ4v) is 2.85. The van der Waals surface area contributed by atoms with Gasteiger partial charge >= 0.3 is 0 Å². The van der Waals surface area contributed by atoms with Crippen LogP contribution in [-0.4, -0.2) is 17.6 Å². The van der Waals surface area contributed by atoms with Gasteiger partial charge in [0.15, 0.2) is 0 Å². The maximum atomic E-state index is 6.09. The average molecular weight is 290 g/mol. The second-order valence-electron chi connectivity index (χ2n) is 6.60. The molecule has 1 aliphatic carbocycles. The highest BCUT2D eigenvalue weighted by Crippen LogP contribution is 2.24. The Balaban J connectivity index is 2.01. The molecule has 0 bridgehead atoms. The van der Waals surface area contributed by atoms with Gasteiger partial charge in [-0.15, -0.1) is 0 Å². The van der Waals surface area contributed by atoms with E-state index in [-0.39, 0.29) is 0 Å². The highest BCUT2D eigenvalue weighted by Gasteiger charge is 2.17. The van der Waals surface area contributed by atoms with Gasteiger partial charge in [0.2, 0.25) is 5.88 Å². The van der Waals surface area contributed by atoms with Gasteiger partial charge in [-0.3, -0.25) is 0 Å². The number of hydrogen-bond donors (Lipinski definition) is 1. The molecule has 0 amide bonds. The molecule has 0 aromatic carbocycles. The summed E-state index contributed by atoms with van der Waals surface area (Å²) in [7, 11) is 0. The maximum Gasteiger partial charge on any atom is 0.214 e. The number of aryl methyl sites for hydroxylation is 1. The average Bonchev–Trinajstić information content (AvgIpc) is 2.91. The lowest BCUT2D eigenvalue weighted by Crippen LogP contribution is -2.19. The summed E-state index contributed by atoms with van der Waals surface area (Å²) < 4.78 is 6.09. The van der Waals surface area contributed by atoms with Crippen molar-refractivity contribution < 1.29 is 4.74 Å². The van der Waals surface area contributed by atoms with E-state index in [1.165, 1.54) is 31.2 Å². The van der Waals surface area contributed by atoms with Crippen molar-refractivity contribution in [2.75, 3.05) is 6.54 Å². The summed E-state index contributed by atoms with van der Waals surface area (Å²) in [5.74, 6) is 1.50. The van der Waals surface area contributed by atoms with Crippen LogP contribution in [0.4, 0.5) is 0 Å². The Hall–Kier alpha value is -1.09. The highest BCUT2D eigenvalue weighted by molar-refractivity contribution is 5.25. The first kappa shape index (κ1) is 16.3. The third-order valence-electron chi connectivity index (χ3n) is 3.89. The SMILES string of the molecule is CCCc1cc(CNCC(C)C)cc(OC2CCCC2)n1. The Labute approximate surface area is 129 Å². The van der Waals surface area contributed by atoms with E-state index >= 15 is 0 Å². The van der Waals surface area contributed by atoms with E-state index in [9.17, 15) is 0 Å². The van der Waals surface area contributed by atoms with Crippen molar-refractivity contribution >= 4 is 0 Å². The van der Waals surface area contributed by atoms with Crippen LogP contribution in [0.2, 0.25) is 0 Å². The quantitative estimate of drug-likeness (QED) is 0.782. The Morgan fingerprint density at radius 3 is 2.71 bits per heavy atom. The van der Waals surface area contributed by atoms with E-state index < -0.39 is 0 Å². The van der Waals surface area contributed by atoms with Gasteiger partial charge in [0.25, 0.3) is 0 Å². The zero-order chi connectivity index (χ0) is 15.1. The summed E-state index contributed by atoms with van der Waals surface area (Å²) in [5, 5.41) is 3.51. The molecule has 118 valence electrons. The number of pyridine rings is 1. The molecule has 1 saturated carbocycles. The van der Waals surface area contributed by atoms with Gasteiger partial charge < -0.3 is 10.1 Å². The molecule has 0 unspecified atom stereocenters. The largest absolute Gasteiger partial charge is 0.474 e. The van der Waals surface area contributed by atoms with Gasteiger partial charge in [0.05, 0.1) is 0 Å². The van der Waals surface area contributed by atoms with Crippen LogP contribution >= 0.6 is 0 Å². The van der Waals surface area contributed by atoms with Gasteiger partial charge in [-0.05, 0) is 56.2 Å². The lowest BCUT2D eigenvalue weighted by molar-refractivity contribution is 0.200. The predicted octanol–water partition coefficient (Wildman–Crippen LogP) is 4.10. The van der Waals surface area contributed by atoms with E-state index in [0.29, 0.717) is 12.0 Å². The highest BCUT2D eigenvalue weighted by atomic mass is 16.5. The summed E-state index contributed by atoms with van der Waals surface area (Å²) in [5.41, 5.74) is 2.46. The minimum atomic E-state index is 0.380. The van der Waals surface area contributed by atoms with E-state index in [0.717, 1.165) is 37.5 Å². The smallest absolute Gasteiger partial charge is 0.214 e. The van der Waals surface area contributed by atoms with Gasteiger partial charge in [0, 0.05) is 18.3 Å². The minimum absolute atomic E-state index is 0.380.